The van der Waals surface area contributed by atoms with Crippen molar-refractivity contribution in [2.45, 2.75) is 53.1 Å². The van der Waals surface area contributed by atoms with Crippen molar-refractivity contribution in [3.63, 3.8) is 0 Å². The van der Waals surface area contributed by atoms with E-state index in [0.717, 1.165) is 25.9 Å². The van der Waals surface area contributed by atoms with Gasteiger partial charge < -0.3 is 10.1 Å². The number of nitrogens with one attached hydrogen (secondary N) is 1. The van der Waals surface area contributed by atoms with E-state index in [9.17, 15) is 4.79 Å². The molecule has 1 saturated carbocycles. The van der Waals surface area contributed by atoms with Gasteiger partial charge in [0.15, 0.2) is 0 Å². The van der Waals surface area contributed by atoms with Gasteiger partial charge in [0.1, 0.15) is 5.60 Å². The Morgan fingerprint density at radius 2 is 1.88 bits per heavy atom. The number of ether oxygens (including phenoxy) is 1. The molecule has 0 amide bonds. The smallest absolute Gasteiger partial charge is 0.311 e. The monoisotopic (exact) mass is 239 g/mol. The molecule has 1 saturated heterocycles. The minimum absolute atomic E-state index is 0.0157. The summed E-state index contributed by atoms with van der Waals surface area (Å²) in [7, 11) is 0. The summed E-state index contributed by atoms with van der Waals surface area (Å²) >= 11 is 0. The van der Waals surface area contributed by atoms with Gasteiger partial charge in [0.05, 0.1) is 5.92 Å². The molecule has 17 heavy (non-hydrogen) atoms. The molecule has 3 heteroatoms. The quantitative estimate of drug-likeness (QED) is 0.714. The van der Waals surface area contributed by atoms with E-state index in [2.05, 4.69) is 19.2 Å². The number of carbonyl (C=O) groups is 1. The molecule has 1 atom stereocenters. The lowest BCUT2D eigenvalue weighted by molar-refractivity contribution is -0.169. The molecule has 0 radical (unpaired) electrons. The van der Waals surface area contributed by atoms with Crippen LogP contribution in [0.3, 0.4) is 0 Å². The van der Waals surface area contributed by atoms with Gasteiger partial charge in [-0.25, -0.2) is 0 Å². The van der Waals surface area contributed by atoms with Crippen LogP contribution in [-0.4, -0.2) is 24.7 Å². The van der Waals surface area contributed by atoms with Crippen molar-refractivity contribution < 1.29 is 9.53 Å². The van der Waals surface area contributed by atoms with E-state index in [4.69, 9.17) is 4.74 Å². The average molecular weight is 239 g/mol. The zero-order chi connectivity index (χ0) is 12.9. The molecule has 1 spiro atoms. The van der Waals surface area contributed by atoms with Crippen LogP contribution in [0.25, 0.3) is 0 Å². The van der Waals surface area contributed by atoms with Crippen molar-refractivity contribution >= 4 is 5.97 Å². The predicted octanol–water partition coefficient (Wildman–Crippen LogP) is 2.35. The van der Waals surface area contributed by atoms with Gasteiger partial charge in [-0.1, -0.05) is 13.8 Å². The minimum atomic E-state index is -0.375. The third kappa shape index (κ3) is 2.49. The highest BCUT2D eigenvalue weighted by Crippen LogP contribution is 2.59. The molecule has 1 heterocycles. The van der Waals surface area contributed by atoms with Crippen molar-refractivity contribution in [1.29, 1.82) is 0 Å². The first-order valence-electron chi connectivity index (χ1n) is 6.57. The molecule has 1 aliphatic heterocycles. The van der Waals surface area contributed by atoms with E-state index in [1.807, 2.05) is 20.8 Å². The summed E-state index contributed by atoms with van der Waals surface area (Å²) in [6.45, 7) is 12.1. The average Bonchev–Trinajstić information content (AvgIpc) is 2.42. The minimum Gasteiger partial charge on any atom is -0.460 e. The van der Waals surface area contributed by atoms with Crippen LogP contribution in [0.1, 0.15) is 47.5 Å². The Kier molecular flexibility index (Phi) is 2.81. The van der Waals surface area contributed by atoms with E-state index >= 15 is 0 Å². The summed E-state index contributed by atoms with van der Waals surface area (Å²) < 4.78 is 5.54. The molecule has 0 aromatic carbocycles. The van der Waals surface area contributed by atoms with E-state index in [1.165, 1.54) is 0 Å². The Balaban J connectivity index is 2.04. The van der Waals surface area contributed by atoms with E-state index in [1.54, 1.807) is 0 Å². The molecule has 2 rings (SSSR count). The lowest BCUT2D eigenvalue weighted by Gasteiger charge is -2.53. The summed E-state index contributed by atoms with van der Waals surface area (Å²) in [5, 5.41) is 3.37. The van der Waals surface area contributed by atoms with Crippen LogP contribution in [0.4, 0.5) is 0 Å². The molecule has 1 N–H and O–H groups in total. The maximum atomic E-state index is 12.2. The molecular weight excluding hydrogens is 214 g/mol. The third-order valence-electron chi connectivity index (χ3n) is 3.92. The zero-order valence-corrected chi connectivity index (χ0v) is 11.7. The number of hydrogen-bond donors (Lipinski definition) is 1. The summed E-state index contributed by atoms with van der Waals surface area (Å²) in [5.41, 5.74) is 0.193. The first kappa shape index (κ1) is 12.9. The Labute approximate surface area is 104 Å². The van der Waals surface area contributed by atoms with Crippen LogP contribution in [-0.2, 0) is 9.53 Å². The van der Waals surface area contributed by atoms with Crippen LogP contribution < -0.4 is 5.32 Å². The highest BCUT2D eigenvalue weighted by molar-refractivity contribution is 5.75. The van der Waals surface area contributed by atoms with Crippen molar-refractivity contribution in [2.24, 2.45) is 16.7 Å². The SMILES string of the molecule is CC1(C)CC2(CNCC2C(=O)OC(C)(C)C)C1. The van der Waals surface area contributed by atoms with Gasteiger partial charge in [0.25, 0.3) is 0 Å². The summed E-state index contributed by atoms with van der Waals surface area (Å²) in [4.78, 5) is 12.2. The lowest BCUT2D eigenvalue weighted by Crippen LogP contribution is -2.51. The molecule has 2 fully saturated rings. The molecule has 3 nitrogen and oxygen atoms in total. The summed E-state index contributed by atoms with van der Waals surface area (Å²) in [6.07, 6.45) is 2.27. The molecule has 0 aromatic rings. The second-order valence-corrected chi connectivity index (χ2v) is 7.60. The molecule has 1 aliphatic carbocycles. The Morgan fingerprint density at radius 1 is 1.29 bits per heavy atom. The first-order chi connectivity index (χ1) is 7.64. The van der Waals surface area contributed by atoms with Crippen LogP contribution in [0.15, 0.2) is 0 Å². The molecule has 0 aromatic heterocycles. The van der Waals surface area contributed by atoms with Gasteiger partial charge in [-0.15, -0.1) is 0 Å². The van der Waals surface area contributed by atoms with E-state index < -0.39 is 0 Å². The Bertz CT molecular complexity index is 320. The van der Waals surface area contributed by atoms with Crippen molar-refractivity contribution in [3.05, 3.63) is 0 Å². The van der Waals surface area contributed by atoms with Crippen molar-refractivity contribution in [1.82, 2.24) is 5.32 Å². The fourth-order valence-corrected chi connectivity index (χ4v) is 3.74. The third-order valence-corrected chi connectivity index (χ3v) is 3.92. The fourth-order valence-electron chi connectivity index (χ4n) is 3.74. The van der Waals surface area contributed by atoms with E-state index in [0.29, 0.717) is 5.41 Å². The van der Waals surface area contributed by atoms with Crippen molar-refractivity contribution in [2.75, 3.05) is 13.1 Å². The Hall–Kier alpha value is -0.570. The molecule has 1 unspecified atom stereocenters. The highest BCUT2D eigenvalue weighted by Gasteiger charge is 2.58. The number of esters is 1. The molecule has 2 aliphatic rings. The largest absolute Gasteiger partial charge is 0.460 e. The maximum absolute atomic E-state index is 12.2. The fraction of sp³-hybridized carbons (Fsp3) is 0.929. The maximum Gasteiger partial charge on any atom is 0.311 e. The molecular formula is C14H25NO2. The zero-order valence-electron chi connectivity index (χ0n) is 11.7. The van der Waals surface area contributed by atoms with Crippen LogP contribution in [0.2, 0.25) is 0 Å². The topological polar surface area (TPSA) is 38.3 Å². The standard InChI is InChI=1S/C14H25NO2/c1-12(2,3)17-11(16)10-6-15-9-14(10)7-13(4,5)8-14/h10,15H,6-9H2,1-5H3. The predicted molar refractivity (Wildman–Crippen MR) is 67.7 cm³/mol. The van der Waals surface area contributed by atoms with Gasteiger partial charge in [-0.05, 0) is 44.4 Å². The van der Waals surface area contributed by atoms with Gasteiger partial charge in [0.2, 0.25) is 0 Å². The van der Waals surface area contributed by atoms with Crippen molar-refractivity contribution in [3.8, 4) is 0 Å². The summed E-state index contributed by atoms with van der Waals surface area (Å²) in [6, 6.07) is 0. The number of rotatable bonds is 1. The highest BCUT2D eigenvalue weighted by atomic mass is 16.6. The van der Waals surface area contributed by atoms with Crippen LogP contribution >= 0.6 is 0 Å². The Morgan fingerprint density at radius 3 is 2.35 bits per heavy atom. The normalized spacial score (nSPS) is 30.1. The first-order valence-corrected chi connectivity index (χ1v) is 6.57. The molecule has 0 bridgehead atoms. The van der Waals surface area contributed by atoms with Gasteiger partial charge >= 0.3 is 5.97 Å². The van der Waals surface area contributed by atoms with Gasteiger partial charge in [-0.3, -0.25) is 4.79 Å². The second-order valence-electron chi connectivity index (χ2n) is 7.60. The van der Waals surface area contributed by atoms with Crippen LogP contribution in [0, 0.1) is 16.7 Å². The number of carbonyl (C=O) groups excluding carboxylic acids is 1. The van der Waals surface area contributed by atoms with Gasteiger partial charge in [0, 0.05) is 13.1 Å². The van der Waals surface area contributed by atoms with Crippen LogP contribution in [0.5, 0.6) is 0 Å². The number of hydrogen-bond acceptors (Lipinski definition) is 3. The van der Waals surface area contributed by atoms with Gasteiger partial charge in [-0.2, -0.15) is 0 Å². The lowest BCUT2D eigenvalue weighted by atomic mass is 9.51. The second kappa shape index (κ2) is 3.71. The molecule has 98 valence electrons. The van der Waals surface area contributed by atoms with E-state index in [-0.39, 0.29) is 22.9 Å². The summed E-state index contributed by atoms with van der Waals surface area (Å²) in [5.74, 6) is 0.0350.